The molecule has 0 aliphatic carbocycles. The normalized spacial score (nSPS) is 16.5. The van der Waals surface area contributed by atoms with Gasteiger partial charge in [0, 0.05) is 51.0 Å². The number of rotatable bonds is 4. The minimum atomic E-state index is -0.0497. The van der Waals surface area contributed by atoms with Crippen molar-refractivity contribution in [2.45, 2.75) is 13.0 Å². The second-order valence-electron chi connectivity index (χ2n) is 7.85. The summed E-state index contributed by atoms with van der Waals surface area (Å²) in [7, 11) is 0. The van der Waals surface area contributed by atoms with Crippen LogP contribution in [0, 0.1) is 0 Å². The molecule has 2 aliphatic rings. The highest BCUT2D eigenvalue weighted by Gasteiger charge is 2.27. The fourth-order valence-corrected chi connectivity index (χ4v) is 4.30. The quantitative estimate of drug-likeness (QED) is 0.675. The molecule has 6 nitrogen and oxygen atoms in total. The zero-order valence-corrected chi connectivity index (χ0v) is 16.9. The maximum Gasteiger partial charge on any atom is 0.277 e. The summed E-state index contributed by atoms with van der Waals surface area (Å²) in [6.45, 7) is 5.41. The summed E-state index contributed by atoms with van der Waals surface area (Å²) in [6, 6.07) is 20.5. The first-order valence-electron chi connectivity index (χ1n) is 10.5. The molecular weight excluding hydrogens is 374 g/mol. The number of hydrogen-bond acceptors (Lipinski definition) is 5. The topological polar surface area (TPSA) is 52.6 Å². The lowest BCUT2D eigenvalue weighted by Crippen LogP contribution is -2.46. The Labute approximate surface area is 176 Å². The summed E-state index contributed by atoms with van der Waals surface area (Å²) >= 11 is 0. The number of anilines is 2. The number of benzene rings is 2. The Morgan fingerprint density at radius 2 is 1.63 bits per heavy atom. The summed E-state index contributed by atoms with van der Waals surface area (Å²) in [6.07, 6.45) is 2.41. The first-order chi connectivity index (χ1) is 14.8. The number of fused-ring (bicyclic) bond motifs is 1. The minimum absolute atomic E-state index is 0.0497. The lowest BCUT2D eigenvalue weighted by Gasteiger charge is -2.35. The largest absolute Gasteiger partial charge is 0.354 e. The predicted molar refractivity (Wildman–Crippen MR) is 118 cm³/mol. The second kappa shape index (κ2) is 8.24. The summed E-state index contributed by atoms with van der Waals surface area (Å²) in [5.41, 5.74) is 4.02. The Hall–Kier alpha value is -3.25. The van der Waals surface area contributed by atoms with Crippen LogP contribution in [0.3, 0.4) is 0 Å². The highest BCUT2D eigenvalue weighted by molar-refractivity contribution is 6.06. The van der Waals surface area contributed by atoms with Crippen LogP contribution in [0.25, 0.3) is 0 Å². The Balaban J connectivity index is 1.25. The Morgan fingerprint density at radius 1 is 0.867 bits per heavy atom. The summed E-state index contributed by atoms with van der Waals surface area (Å²) in [5.74, 6) is 0.784. The van der Waals surface area contributed by atoms with E-state index in [0.29, 0.717) is 12.2 Å². The van der Waals surface area contributed by atoms with Crippen LogP contribution >= 0.6 is 0 Å². The molecule has 0 N–H and O–H groups in total. The van der Waals surface area contributed by atoms with E-state index >= 15 is 0 Å². The molecule has 0 unspecified atom stereocenters. The first-order valence-corrected chi connectivity index (χ1v) is 10.5. The van der Waals surface area contributed by atoms with E-state index in [2.05, 4.69) is 56.2 Å². The monoisotopic (exact) mass is 399 g/mol. The first kappa shape index (κ1) is 18.8. The summed E-state index contributed by atoms with van der Waals surface area (Å²) in [4.78, 5) is 28.4. The van der Waals surface area contributed by atoms with Crippen LogP contribution in [0.1, 0.15) is 21.6 Å². The number of amides is 1. The van der Waals surface area contributed by atoms with Gasteiger partial charge >= 0.3 is 0 Å². The van der Waals surface area contributed by atoms with Gasteiger partial charge in [-0.15, -0.1) is 0 Å². The fraction of sp³-hybridized carbons (Fsp3) is 0.292. The lowest BCUT2D eigenvalue weighted by molar-refractivity contribution is 0.0984. The molecule has 1 fully saturated rings. The van der Waals surface area contributed by atoms with Crippen LogP contribution in [-0.2, 0) is 13.0 Å². The second-order valence-corrected chi connectivity index (χ2v) is 7.85. The molecule has 0 radical (unpaired) electrons. The number of para-hydroxylation sites is 1. The van der Waals surface area contributed by atoms with E-state index in [-0.39, 0.29) is 5.91 Å². The molecular formula is C24H25N5O. The molecule has 1 amide bonds. The number of aromatic nitrogens is 2. The average Bonchev–Trinajstić information content (AvgIpc) is 3.24. The third-order valence-corrected chi connectivity index (χ3v) is 5.95. The van der Waals surface area contributed by atoms with Gasteiger partial charge < -0.3 is 9.80 Å². The van der Waals surface area contributed by atoms with Crippen molar-refractivity contribution in [3.63, 3.8) is 0 Å². The Kier molecular flexibility index (Phi) is 5.15. The average molecular weight is 399 g/mol. The molecule has 1 saturated heterocycles. The molecule has 3 heterocycles. The van der Waals surface area contributed by atoms with Crippen LogP contribution < -0.4 is 9.80 Å². The Bertz CT molecular complexity index is 1030. The van der Waals surface area contributed by atoms with Gasteiger partial charge in [0.25, 0.3) is 5.91 Å². The van der Waals surface area contributed by atoms with Gasteiger partial charge in [0.15, 0.2) is 0 Å². The zero-order valence-electron chi connectivity index (χ0n) is 16.9. The fourth-order valence-electron chi connectivity index (χ4n) is 4.30. The molecule has 3 aromatic rings. The van der Waals surface area contributed by atoms with Crippen molar-refractivity contribution in [3.8, 4) is 0 Å². The smallest absolute Gasteiger partial charge is 0.277 e. The van der Waals surface area contributed by atoms with Crippen molar-refractivity contribution < 1.29 is 4.79 Å². The van der Waals surface area contributed by atoms with Crippen LogP contribution in [0.5, 0.6) is 0 Å². The van der Waals surface area contributed by atoms with Crippen LogP contribution in [0.4, 0.5) is 11.5 Å². The number of piperazine rings is 1. The Morgan fingerprint density at radius 3 is 2.47 bits per heavy atom. The van der Waals surface area contributed by atoms with E-state index in [1.165, 1.54) is 17.5 Å². The van der Waals surface area contributed by atoms with Crippen LogP contribution in [-0.4, -0.2) is 53.5 Å². The van der Waals surface area contributed by atoms with Gasteiger partial charge in [-0.1, -0.05) is 48.5 Å². The van der Waals surface area contributed by atoms with Gasteiger partial charge in [-0.2, -0.15) is 0 Å². The highest BCUT2D eigenvalue weighted by atomic mass is 16.2. The van der Waals surface area contributed by atoms with E-state index in [0.717, 1.165) is 50.6 Å². The number of nitrogens with zero attached hydrogens (tertiary/aromatic N) is 5. The maximum absolute atomic E-state index is 13.1. The SMILES string of the molecule is O=C(c1cc(N2CCN(Cc3ccccc3)CC2)ncn1)N1CCc2ccccc21. The number of hydrogen-bond donors (Lipinski definition) is 0. The molecule has 0 spiro atoms. The predicted octanol–water partition coefficient (Wildman–Crippen LogP) is 3.00. The zero-order chi connectivity index (χ0) is 20.3. The molecule has 0 bridgehead atoms. The van der Waals surface area contributed by atoms with Crippen molar-refractivity contribution in [1.82, 2.24) is 14.9 Å². The van der Waals surface area contributed by atoms with Crippen molar-refractivity contribution in [2.24, 2.45) is 0 Å². The van der Waals surface area contributed by atoms with E-state index < -0.39 is 0 Å². The van der Waals surface area contributed by atoms with Gasteiger partial charge in [0.05, 0.1) is 0 Å². The van der Waals surface area contributed by atoms with Gasteiger partial charge in [0.2, 0.25) is 0 Å². The van der Waals surface area contributed by atoms with E-state index in [9.17, 15) is 4.79 Å². The number of carbonyl (C=O) groups is 1. The van der Waals surface area contributed by atoms with Gasteiger partial charge in [-0.25, -0.2) is 9.97 Å². The third kappa shape index (κ3) is 3.78. The van der Waals surface area contributed by atoms with E-state index in [4.69, 9.17) is 0 Å². The molecule has 6 heteroatoms. The van der Waals surface area contributed by atoms with Crippen molar-refractivity contribution >= 4 is 17.4 Å². The molecule has 1 aromatic heterocycles. The molecule has 152 valence electrons. The molecule has 2 aromatic carbocycles. The molecule has 2 aliphatic heterocycles. The third-order valence-electron chi connectivity index (χ3n) is 5.95. The van der Waals surface area contributed by atoms with Gasteiger partial charge in [-0.05, 0) is 23.6 Å². The van der Waals surface area contributed by atoms with Crippen molar-refractivity contribution in [3.05, 3.63) is 83.8 Å². The highest BCUT2D eigenvalue weighted by Crippen LogP contribution is 2.29. The van der Waals surface area contributed by atoms with E-state index in [1.807, 2.05) is 29.2 Å². The molecule has 0 atom stereocenters. The van der Waals surface area contributed by atoms with Crippen molar-refractivity contribution in [2.75, 3.05) is 42.5 Å². The molecule has 5 rings (SSSR count). The maximum atomic E-state index is 13.1. The number of carbonyl (C=O) groups excluding carboxylic acids is 1. The molecule has 0 saturated carbocycles. The summed E-state index contributed by atoms with van der Waals surface area (Å²) < 4.78 is 0. The van der Waals surface area contributed by atoms with Crippen LogP contribution in [0.2, 0.25) is 0 Å². The van der Waals surface area contributed by atoms with Gasteiger partial charge in [-0.3, -0.25) is 9.69 Å². The minimum Gasteiger partial charge on any atom is -0.354 e. The molecule has 30 heavy (non-hydrogen) atoms. The van der Waals surface area contributed by atoms with Crippen molar-refractivity contribution in [1.29, 1.82) is 0 Å². The summed E-state index contributed by atoms with van der Waals surface area (Å²) in [5, 5.41) is 0. The standard InChI is InChI=1S/C24H25N5O/c30-24(29-11-10-20-8-4-5-9-22(20)29)21-16-23(26-18-25-21)28-14-12-27(13-15-28)17-19-6-2-1-3-7-19/h1-9,16,18H,10-15,17H2. The van der Waals surface area contributed by atoms with E-state index in [1.54, 1.807) is 0 Å². The van der Waals surface area contributed by atoms with Crippen LogP contribution in [0.15, 0.2) is 67.0 Å². The lowest BCUT2D eigenvalue weighted by atomic mass is 10.2. The van der Waals surface area contributed by atoms with Gasteiger partial charge in [0.1, 0.15) is 17.8 Å².